The highest BCUT2D eigenvalue weighted by molar-refractivity contribution is 5.76. The predicted octanol–water partition coefficient (Wildman–Crippen LogP) is 0.900. The van der Waals surface area contributed by atoms with Crippen molar-refractivity contribution in [3.8, 4) is 6.07 Å². The van der Waals surface area contributed by atoms with Crippen molar-refractivity contribution in [3.63, 3.8) is 0 Å². The van der Waals surface area contributed by atoms with Gasteiger partial charge in [0.15, 0.2) is 0 Å². The Morgan fingerprint density at radius 3 is 2.93 bits per heavy atom. The molecule has 0 atom stereocenters. The number of benzene rings is 1. The van der Waals surface area contributed by atoms with E-state index in [4.69, 9.17) is 10.4 Å². The summed E-state index contributed by atoms with van der Waals surface area (Å²) in [4.78, 5) is 4.14. The fraction of sp³-hybridized carbons (Fsp3) is 0.200. The lowest BCUT2D eigenvalue weighted by atomic mass is 10.3. The number of nitriles is 1. The van der Waals surface area contributed by atoms with Crippen LogP contribution in [0.1, 0.15) is 5.82 Å². The minimum Gasteiger partial charge on any atom is -0.395 e. The molecule has 1 aromatic heterocycles. The quantitative estimate of drug-likeness (QED) is 0.759. The number of para-hydroxylation sites is 2. The van der Waals surface area contributed by atoms with Gasteiger partial charge in [-0.3, -0.25) is 0 Å². The third kappa shape index (κ3) is 1.24. The minimum absolute atomic E-state index is 0.00896. The van der Waals surface area contributed by atoms with Crippen LogP contribution in [0.25, 0.3) is 11.0 Å². The summed E-state index contributed by atoms with van der Waals surface area (Å²) in [6.07, 6.45) is 0. The van der Waals surface area contributed by atoms with Gasteiger partial charge < -0.3 is 9.67 Å². The van der Waals surface area contributed by atoms with Gasteiger partial charge in [0.1, 0.15) is 6.07 Å². The van der Waals surface area contributed by atoms with E-state index >= 15 is 0 Å². The Kier molecular flexibility index (Phi) is 2.17. The van der Waals surface area contributed by atoms with Gasteiger partial charge in [-0.15, -0.1) is 0 Å². The van der Waals surface area contributed by atoms with Gasteiger partial charge in [-0.1, -0.05) is 12.1 Å². The van der Waals surface area contributed by atoms with E-state index in [2.05, 4.69) is 4.98 Å². The van der Waals surface area contributed by atoms with E-state index < -0.39 is 0 Å². The summed E-state index contributed by atoms with van der Waals surface area (Å²) in [5, 5.41) is 17.7. The first-order valence-electron chi connectivity index (χ1n) is 4.33. The van der Waals surface area contributed by atoms with Gasteiger partial charge in [-0.2, -0.15) is 5.26 Å². The molecule has 0 unspecified atom stereocenters. The molecule has 0 fully saturated rings. The van der Waals surface area contributed by atoms with Gasteiger partial charge >= 0.3 is 0 Å². The molecule has 4 heteroatoms. The maximum Gasteiger partial charge on any atom is 0.213 e. The highest BCUT2D eigenvalue weighted by Gasteiger charge is 2.07. The Balaban J connectivity index is 2.69. The van der Waals surface area contributed by atoms with Crippen LogP contribution in [0.3, 0.4) is 0 Å². The summed E-state index contributed by atoms with van der Waals surface area (Å²) in [5.41, 5.74) is 1.68. The summed E-state index contributed by atoms with van der Waals surface area (Å²) >= 11 is 0. The van der Waals surface area contributed by atoms with Gasteiger partial charge in [0.25, 0.3) is 0 Å². The molecular formula is C10H9N3O. The highest BCUT2D eigenvalue weighted by atomic mass is 16.3. The van der Waals surface area contributed by atoms with Crippen molar-refractivity contribution in [2.45, 2.75) is 6.54 Å². The Morgan fingerprint density at radius 2 is 2.21 bits per heavy atom. The van der Waals surface area contributed by atoms with Crippen molar-refractivity contribution in [2.75, 3.05) is 6.61 Å². The summed E-state index contributed by atoms with van der Waals surface area (Å²) in [7, 11) is 0. The Bertz CT molecular complexity index is 496. The minimum atomic E-state index is 0.00896. The lowest BCUT2D eigenvalue weighted by Gasteiger charge is -2.01. The van der Waals surface area contributed by atoms with Gasteiger partial charge in [-0.25, -0.2) is 4.98 Å². The van der Waals surface area contributed by atoms with E-state index in [-0.39, 0.29) is 6.61 Å². The number of aliphatic hydroxyl groups excluding tert-OH is 1. The van der Waals surface area contributed by atoms with E-state index in [1.807, 2.05) is 30.3 Å². The molecule has 1 heterocycles. The normalized spacial score (nSPS) is 10.3. The molecule has 0 radical (unpaired) electrons. The van der Waals surface area contributed by atoms with Gasteiger partial charge in [0, 0.05) is 6.54 Å². The topological polar surface area (TPSA) is 61.8 Å². The fourth-order valence-corrected chi connectivity index (χ4v) is 1.49. The smallest absolute Gasteiger partial charge is 0.213 e. The Morgan fingerprint density at radius 1 is 1.43 bits per heavy atom. The number of nitrogens with zero attached hydrogens (tertiary/aromatic N) is 3. The highest BCUT2D eigenvalue weighted by Crippen LogP contribution is 2.14. The zero-order valence-corrected chi connectivity index (χ0v) is 7.51. The van der Waals surface area contributed by atoms with Gasteiger partial charge in [0.2, 0.25) is 5.82 Å². The monoisotopic (exact) mass is 187 g/mol. The molecule has 14 heavy (non-hydrogen) atoms. The van der Waals surface area contributed by atoms with Crippen LogP contribution in [0.4, 0.5) is 0 Å². The van der Waals surface area contributed by atoms with Crippen molar-refractivity contribution in [1.29, 1.82) is 5.26 Å². The molecule has 0 amide bonds. The maximum absolute atomic E-state index is 8.86. The van der Waals surface area contributed by atoms with Crippen LogP contribution >= 0.6 is 0 Å². The third-order valence-electron chi connectivity index (χ3n) is 2.08. The number of hydrogen-bond acceptors (Lipinski definition) is 3. The van der Waals surface area contributed by atoms with E-state index in [1.54, 1.807) is 4.57 Å². The first kappa shape index (κ1) is 8.73. The van der Waals surface area contributed by atoms with E-state index in [0.717, 1.165) is 11.0 Å². The lowest BCUT2D eigenvalue weighted by molar-refractivity contribution is 0.277. The molecule has 1 N–H and O–H groups in total. The van der Waals surface area contributed by atoms with Crippen molar-refractivity contribution in [2.24, 2.45) is 0 Å². The van der Waals surface area contributed by atoms with E-state index in [0.29, 0.717) is 12.4 Å². The molecule has 0 aliphatic heterocycles. The molecule has 0 aliphatic rings. The zero-order chi connectivity index (χ0) is 9.97. The van der Waals surface area contributed by atoms with Gasteiger partial charge in [-0.05, 0) is 12.1 Å². The first-order chi connectivity index (χ1) is 6.86. The second-order valence-corrected chi connectivity index (χ2v) is 2.91. The van der Waals surface area contributed by atoms with Crippen LogP contribution in [-0.2, 0) is 6.54 Å². The molecule has 0 saturated carbocycles. The number of aliphatic hydroxyl groups is 1. The average Bonchev–Trinajstić information content (AvgIpc) is 2.58. The van der Waals surface area contributed by atoms with Crippen molar-refractivity contribution >= 4 is 11.0 Å². The summed E-state index contributed by atoms with van der Waals surface area (Å²) < 4.78 is 1.72. The molecule has 4 nitrogen and oxygen atoms in total. The van der Waals surface area contributed by atoms with Gasteiger partial charge in [0.05, 0.1) is 17.6 Å². The molecule has 70 valence electrons. The standard InChI is InChI=1S/C10H9N3O/c11-7-10-12-8-3-1-2-4-9(8)13(10)5-6-14/h1-4,14H,5-6H2. The fourth-order valence-electron chi connectivity index (χ4n) is 1.49. The van der Waals surface area contributed by atoms with Crippen LogP contribution in [0.2, 0.25) is 0 Å². The molecule has 2 rings (SSSR count). The number of hydrogen-bond donors (Lipinski definition) is 1. The molecule has 0 saturated heterocycles. The SMILES string of the molecule is N#Cc1nc2ccccc2n1CCO. The molecule has 2 aromatic rings. The van der Waals surface area contributed by atoms with Crippen LogP contribution in [-0.4, -0.2) is 21.3 Å². The lowest BCUT2D eigenvalue weighted by Crippen LogP contribution is -2.04. The third-order valence-corrected chi connectivity index (χ3v) is 2.08. The number of rotatable bonds is 2. The summed E-state index contributed by atoms with van der Waals surface area (Å²) in [6.45, 7) is 0.415. The average molecular weight is 187 g/mol. The zero-order valence-electron chi connectivity index (χ0n) is 7.51. The Labute approximate surface area is 81.0 Å². The van der Waals surface area contributed by atoms with Crippen molar-refractivity contribution in [1.82, 2.24) is 9.55 Å². The van der Waals surface area contributed by atoms with Crippen molar-refractivity contribution < 1.29 is 5.11 Å². The molecule has 0 aliphatic carbocycles. The number of aromatic nitrogens is 2. The second kappa shape index (κ2) is 3.48. The van der Waals surface area contributed by atoms with Crippen LogP contribution in [0.5, 0.6) is 0 Å². The van der Waals surface area contributed by atoms with E-state index in [1.165, 1.54) is 0 Å². The molecule has 1 aromatic carbocycles. The first-order valence-corrected chi connectivity index (χ1v) is 4.33. The summed E-state index contributed by atoms with van der Waals surface area (Å²) in [5.74, 6) is 0.347. The largest absolute Gasteiger partial charge is 0.395 e. The van der Waals surface area contributed by atoms with Crippen LogP contribution in [0.15, 0.2) is 24.3 Å². The second-order valence-electron chi connectivity index (χ2n) is 2.91. The number of fused-ring (bicyclic) bond motifs is 1. The van der Waals surface area contributed by atoms with E-state index in [9.17, 15) is 0 Å². The van der Waals surface area contributed by atoms with Crippen molar-refractivity contribution in [3.05, 3.63) is 30.1 Å². The number of imidazole rings is 1. The molecular weight excluding hydrogens is 178 g/mol. The maximum atomic E-state index is 8.86. The molecule has 0 bridgehead atoms. The van der Waals surface area contributed by atoms with Crippen LogP contribution < -0.4 is 0 Å². The predicted molar refractivity (Wildman–Crippen MR) is 51.5 cm³/mol. The summed E-state index contributed by atoms with van der Waals surface area (Å²) in [6, 6.07) is 9.51. The molecule has 0 spiro atoms. The Hall–Kier alpha value is -1.86. The van der Waals surface area contributed by atoms with Crippen LogP contribution in [0, 0.1) is 11.3 Å².